The maximum Gasteiger partial charge on any atom is 0.105 e. The Labute approximate surface area is 89.8 Å². The van der Waals surface area contributed by atoms with E-state index in [4.69, 9.17) is 11.1 Å². The lowest BCUT2D eigenvalue weighted by Gasteiger charge is -2.12. The van der Waals surface area contributed by atoms with E-state index in [1.54, 1.807) is 7.05 Å². The van der Waals surface area contributed by atoms with Crippen molar-refractivity contribution in [3.63, 3.8) is 0 Å². The first-order valence-electron chi connectivity index (χ1n) is 4.79. The molecule has 3 N–H and O–H groups in total. The number of nitrogens with zero attached hydrogens (tertiary/aromatic N) is 2. The molecule has 15 heavy (non-hydrogen) atoms. The monoisotopic (exact) mass is 204 g/mol. The maximum absolute atomic E-state index is 7.91. The van der Waals surface area contributed by atoms with Gasteiger partial charge in [0.05, 0.1) is 11.4 Å². The molecule has 0 aromatic rings. The molecular weight excluding hydrogens is 188 g/mol. The Morgan fingerprint density at radius 2 is 2.13 bits per heavy atom. The summed E-state index contributed by atoms with van der Waals surface area (Å²) in [5.41, 5.74) is 8.96. The first kappa shape index (κ1) is 11.5. The van der Waals surface area contributed by atoms with Gasteiger partial charge in [0.2, 0.25) is 0 Å². The topological polar surface area (TPSA) is 74.6 Å². The van der Waals surface area contributed by atoms with Crippen LogP contribution in [0.1, 0.15) is 13.8 Å². The van der Waals surface area contributed by atoms with Crippen molar-refractivity contribution in [2.75, 3.05) is 13.6 Å². The van der Waals surface area contributed by atoms with E-state index in [0.29, 0.717) is 23.7 Å². The molecule has 0 unspecified atom stereocenters. The van der Waals surface area contributed by atoms with Crippen molar-refractivity contribution in [3.05, 3.63) is 23.4 Å². The van der Waals surface area contributed by atoms with Crippen LogP contribution in [0.2, 0.25) is 0 Å². The van der Waals surface area contributed by atoms with Crippen LogP contribution < -0.4 is 5.73 Å². The molecule has 0 saturated heterocycles. The Morgan fingerprint density at radius 3 is 2.67 bits per heavy atom. The molecule has 0 bridgehead atoms. The molecule has 0 atom stereocenters. The minimum absolute atomic E-state index is 0.366. The van der Waals surface area contributed by atoms with E-state index in [1.807, 2.05) is 26.0 Å². The predicted molar refractivity (Wildman–Crippen MR) is 65.1 cm³/mol. The first-order chi connectivity index (χ1) is 7.10. The van der Waals surface area contributed by atoms with Gasteiger partial charge in [-0.3, -0.25) is 15.4 Å². The molecular formula is C11H16N4. The van der Waals surface area contributed by atoms with Crippen LogP contribution in [-0.4, -0.2) is 30.7 Å². The second-order valence-electron chi connectivity index (χ2n) is 3.40. The lowest BCUT2D eigenvalue weighted by Crippen LogP contribution is -2.19. The fourth-order valence-corrected chi connectivity index (χ4v) is 1.25. The fourth-order valence-electron chi connectivity index (χ4n) is 1.25. The van der Waals surface area contributed by atoms with Gasteiger partial charge in [0.25, 0.3) is 0 Å². The summed E-state index contributed by atoms with van der Waals surface area (Å²) in [5.74, 6) is 0. The van der Waals surface area contributed by atoms with E-state index in [0.717, 1.165) is 11.3 Å². The van der Waals surface area contributed by atoms with Crippen LogP contribution in [-0.2, 0) is 0 Å². The summed E-state index contributed by atoms with van der Waals surface area (Å²) in [4.78, 5) is 8.35. The van der Waals surface area contributed by atoms with Crippen LogP contribution in [0.25, 0.3) is 0 Å². The summed E-state index contributed by atoms with van der Waals surface area (Å²) in [6.07, 6.45) is 3.75. The average Bonchev–Trinajstić information content (AvgIpc) is 2.24. The van der Waals surface area contributed by atoms with Gasteiger partial charge in [-0.05, 0) is 25.5 Å². The van der Waals surface area contributed by atoms with Gasteiger partial charge in [0, 0.05) is 19.3 Å². The van der Waals surface area contributed by atoms with Crippen LogP contribution in [0.4, 0.5) is 0 Å². The van der Waals surface area contributed by atoms with Crippen molar-refractivity contribution >= 4 is 17.1 Å². The number of nitrogens with two attached hydrogens (primary N) is 1. The highest BCUT2D eigenvalue weighted by Gasteiger charge is 2.15. The van der Waals surface area contributed by atoms with Crippen LogP contribution in [0.3, 0.4) is 0 Å². The number of allylic oxidation sites excluding steroid dienone is 4. The third-order valence-corrected chi connectivity index (χ3v) is 2.20. The zero-order valence-electron chi connectivity index (χ0n) is 9.33. The molecule has 1 rings (SSSR count). The lowest BCUT2D eigenvalue weighted by atomic mass is 10.0. The molecule has 0 radical (unpaired) electrons. The quantitative estimate of drug-likeness (QED) is 0.517. The highest BCUT2D eigenvalue weighted by molar-refractivity contribution is 6.52. The van der Waals surface area contributed by atoms with Gasteiger partial charge < -0.3 is 5.73 Å². The van der Waals surface area contributed by atoms with E-state index >= 15 is 0 Å². The third-order valence-electron chi connectivity index (χ3n) is 2.20. The Morgan fingerprint density at radius 1 is 1.47 bits per heavy atom. The highest BCUT2D eigenvalue weighted by atomic mass is 14.8. The van der Waals surface area contributed by atoms with Crippen molar-refractivity contribution in [3.8, 4) is 0 Å². The van der Waals surface area contributed by atoms with E-state index in [-0.39, 0.29) is 0 Å². The summed E-state index contributed by atoms with van der Waals surface area (Å²) in [6, 6.07) is 0. The van der Waals surface area contributed by atoms with Crippen LogP contribution >= 0.6 is 0 Å². The zero-order chi connectivity index (χ0) is 11.4. The second kappa shape index (κ2) is 4.79. The standard InChI is InChI=1S/C11H16N4/c1-7-4-5-9(14-3)10(13)11(7)15-8(2)6-12/h4-5,13H,6,12H2,1-3H3. The van der Waals surface area contributed by atoms with Gasteiger partial charge >= 0.3 is 0 Å². The Hall–Kier alpha value is -1.55. The number of aliphatic imine (C=N–C) groups is 2. The second-order valence-corrected chi connectivity index (χ2v) is 3.40. The highest BCUT2D eigenvalue weighted by Crippen LogP contribution is 2.15. The summed E-state index contributed by atoms with van der Waals surface area (Å²) in [5, 5.41) is 7.91. The molecule has 0 spiro atoms. The average molecular weight is 204 g/mol. The normalized spacial score (nSPS) is 20.4. The SMILES string of the molecule is CN=C1C=CC(C)=C(N=C(C)CN)C1=N. The largest absolute Gasteiger partial charge is 0.325 e. The van der Waals surface area contributed by atoms with E-state index in [1.165, 1.54) is 0 Å². The van der Waals surface area contributed by atoms with E-state index < -0.39 is 0 Å². The Bertz CT molecular complexity index is 397. The molecule has 0 amide bonds. The van der Waals surface area contributed by atoms with Crippen molar-refractivity contribution in [2.24, 2.45) is 15.7 Å². The van der Waals surface area contributed by atoms with Crippen molar-refractivity contribution in [1.29, 1.82) is 5.41 Å². The van der Waals surface area contributed by atoms with Gasteiger partial charge in [-0.2, -0.15) is 0 Å². The molecule has 0 aromatic carbocycles. The summed E-state index contributed by atoms with van der Waals surface area (Å²) in [6.45, 7) is 4.20. The maximum atomic E-state index is 7.91. The zero-order valence-corrected chi connectivity index (χ0v) is 9.33. The molecule has 4 heteroatoms. The molecule has 0 aliphatic heterocycles. The van der Waals surface area contributed by atoms with Crippen molar-refractivity contribution in [1.82, 2.24) is 0 Å². The molecule has 1 aliphatic carbocycles. The summed E-state index contributed by atoms with van der Waals surface area (Å²) in [7, 11) is 1.67. The van der Waals surface area contributed by atoms with Crippen molar-refractivity contribution in [2.45, 2.75) is 13.8 Å². The van der Waals surface area contributed by atoms with Gasteiger partial charge in [-0.15, -0.1) is 0 Å². The summed E-state index contributed by atoms with van der Waals surface area (Å²) >= 11 is 0. The van der Waals surface area contributed by atoms with Crippen LogP contribution in [0.15, 0.2) is 33.4 Å². The van der Waals surface area contributed by atoms with Crippen LogP contribution in [0, 0.1) is 5.41 Å². The van der Waals surface area contributed by atoms with Gasteiger partial charge in [0.15, 0.2) is 0 Å². The molecule has 4 nitrogen and oxygen atoms in total. The van der Waals surface area contributed by atoms with Crippen LogP contribution in [0.5, 0.6) is 0 Å². The van der Waals surface area contributed by atoms with E-state index in [9.17, 15) is 0 Å². The lowest BCUT2D eigenvalue weighted by molar-refractivity contribution is 1.24. The molecule has 1 aliphatic rings. The van der Waals surface area contributed by atoms with Gasteiger partial charge in [-0.25, -0.2) is 0 Å². The number of rotatable bonds is 2. The van der Waals surface area contributed by atoms with Crippen molar-refractivity contribution < 1.29 is 0 Å². The molecule has 0 fully saturated rings. The molecule has 80 valence electrons. The predicted octanol–water partition coefficient (Wildman–Crippen LogP) is 1.34. The minimum atomic E-state index is 0.366. The summed E-state index contributed by atoms with van der Waals surface area (Å²) < 4.78 is 0. The minimum Gasteiger partial charge on any atom is -0.325 e. The first-order valence-corrected chi connectivity index (χ1v) is 4.79. The third kappa shape index (κ3) is 2.47. The number of hydrogen-bond acceptors (Lipinski definition) is 4. The van der Waals surface area contributed by atoms with Gasteiger partial charge in [0.1, 0.15) is 5.71 Å². The molecule has 0 heterocycles. The fraction of sp³-hybridized carbons (Fsp3) is 0.364. The Kier molecular flexibility index (Phi) is 3.68. The Balaban J connectivity index is 3.15. The molecule has 0 saturated carbocycles. The van der Waals surface area contributed by atoms with E-state index in [2.05, 4.69) is 9.98 Å². The van der Waals surface area contributed by atoms with Gasteiger partial charge in [-0.1, -0.05) is 6.08 Å². The number of nitrogens with one attached hydrogen (secondary N) is 1. The molecule has 0 aromatic heterocycles. The smallest absolute Gasteiger partial charge is 0.105 e. The number of hydrogen-bond donors (Lipinski definition) is 2.